The van der Waals surface area contributed by atoms with Crippen molar-refractivity contribution < 1.29 is 18.0 Å². The Kier molecular flexibility index (Phi) is 9.85. The van der Waals surface area contributed by atoms with E-state index in [-0.39, 0.29) is 12.5 Å². The molecule has 37 heavy (non-hydrogen) atoms. The van der Waals surface area contributed by atoms with E-state index in [4.69, 9.17) is 0 Å². The normalized spacial score (nSPS) is 12.0. The number of nitrogens with one attached hydrogen (secondary N) is 1. The third-order valence-electron chi connectivity index (χ3n) is 6.02. The van der Waals surface area contributed by atoms with Crippen molar-refractivity contribution >= 4 is 27.5 Å². The van der Waals surface area contributed by atoms with Gasteiger partial charge in [-0.25, -0.2) is 8.42 Å². The van der Waals surface area contributed by atoms with Crippen molar-refractivity contribution in [3.63, 3.8) is 0 Å². The summed E-state index contributed by atoms with van der Waals surface area (Å²) in [6.07, 6.45) is 2.14. The molecule has 1 atom stereocenters. The van der Waals surface area contributed by atoms with Crippen LogP contribution in [-0.2, 0) is 32.6 Å². The highest BCUT2D eigenvalue weighted by atomic mass is 32.2. The first-order valence-corrected chi connectivity index (χ1v) is 14.2. The van der Waals surface area contributed by atoms with Gasteiger partial charge >= 0.3 is 0 Å². The highest BCUT2D eigenvalue weighted by Gasteiger charge is 2.32. The monoisotopic (exact) mass is 521 g/mol. The Morgan fingerprint density at radius 2 is 1.43 bits per heavy atom. The summed E-state index contributed by atoms with van der Waals surface area (Å²) >= 11 is 0. The van der Waals surface area contributed by atoms with E-state index in [1.807, 2.05) is 74.5 Å². The Labute approximate surface area is 220 Å². The topological polar surface area (TPSA) is 86.8 Å². The second-order valence-corrected chi connectivity index (χ2v) is 11.0. The Morgan fingerprint density at radius 3 is 1.97 bits per heavy atom. The van der Waals surface area contributed by atoms with Crippen molar-refractivity contribution in [2.45, 2.75) is 39.3 Å². The maximum atomic E-state index is 13.9. The molecular weight excluding hydrogens is 486 g/mol. The fraction of sp³-hybridized carbons (Fsp3) is 0.310. The van der Waals surface area contributed by atoms with Crippen LogP contribution in [0, 0.1) is 6.92 Å². The SMILES string of the molecule is CCCNC(=O)[C@@H](Cc1ccccc1)N(Cc1ccccc1)C(=O)CN(c1ccc(C)cc1)S(C)(=O)=O. The molecule has 0 heterocycles. The van der Waals surface area contributed by atoms with Gasteiger partial charge < -0.3 is 10.2 Å². The lowest BCUT2D eigenvalue weighted by Crippen LogP contribution is -2.53. The van der Waals surface area contributed by atoms with Crippen LogP contribution in [-0.4, -0.2) is 50.5 Å². The van der Waals surface area contributed by atoms with E-state index in [0.29, 0.717) is 18.7 Å². The molecule has 0 radical (unpaired) electrons. The number of hydrogen-bond donors (Lipinski definition) is 1. The summed E-state index contributed by atoms with van der Waals surface area (Å²) in [4.78, 5) is 28.8. The molecule has 0 saturated carbocycles. The van der Waals surface area contributed by atoms with Crippen molar-refractivity contribution in [2.24, 2.45) is 0 Å². The summed E-state index contributed by atoms with van der Waals surface area (Å²) in [5, 5.41) is 2.93. The average Bonchev–Trinajstić information content (AvgIpc) is 2.89. The van der Waals surface area contributed by atoms with Crippen LogP contribution in [0.4, 0.5) is 5.69 Å². The quantitative estimate of drug-likeness (QED) is 0.391. The van der Waals surface area contributed by atoms with Gasteiger partial charge in [0.25, 0.3) is 0 Å². The molecule has 0 aliphatic rings. The molecule has 2 amide bonds. The lowest BCUT2D eigenvalue weighted by molar-refractivity contribution is -0.140. The summed E-state index contributed by atoms with van der Waals surface area (Å²) in [6, 6.07) is 25.1. The van der Waals surface area contributed by atoms with Crippen molar-refractivity contribution in [2.75, 3.05) is 23.7 Å². The number of sulfonamides is 1. The molecule has 3 rings (SSSR count). The second-order valence-electron chi connectivity index (χ2n) is 9.11. The minimum absolute atomic E-state index is 0.169. The lowest BCUT2D eigenvalue weighted by atomic mass is 10.0. The number of rotatable bonds is 12. The van der Waals surface area contributed by atoms with Crippen LogP contribution in [0.5, 0.6) is 0 Å². The summed E-state index contributed by atoms with van der Waals surface area (Å²) in [6.45, 7) is 4.11. The Hall–Kier alpha value is -3.65. The molecule has 0 aromatic heterocycles. The number of hydrogen-bond acceptors (Lipinski definition) is 4. The molecule has 0 aliphatic carbocycles. The van der Waals surface area contributed by atoms with Gasteiger partial charge in [-0.1, -0.05) is 85.3 Å². The Morgan fingerprint density at radius 1 is 0.865 bits per heavy atom. The molecule has 3 aromatic carbocycles. The second kappa shape index (κ2) is 13.1. The summed E-state index contributed by atoms with van der Waals surface area (Å²) in [5.41, 5.74) is 3.13. The van der Waals surface area contributed by atoms with Crippen molar-refractivity contribution in [1.29, 1.82) is 0 Å². The smallest absolute Gasteiger partial charge is 0.244 e. The van der Waals surface area contributed by atoms with E-state index in [2.05, 4.69) is 5.32 Å². The predicted octanol–water partition coefficient (Wildman–Crippen LogP) is 3.93. The largest absolute Gasteiger partial charge is 0.354 e. The zero-order valence-corrected chi connectivity index (χ0v) is 22.4. The van der Waals surface area contributed by atoms with Crippen LogP contribution >= 0.6 is 0 Å². The maximum absolute atomic E-state index is 13.9. The van der Waals surface area contributed by atoms with Crippen LogP contribution in [0.15, 0.2) is 84.9 Å². The predicted molar refractivity (Wildman–Crippen MR) is 148 cm³/mol. The van der Waals surface area contributed by atoms with Crippen LogP contribution < -0.4 is 9.62 Å². The van der Waals surface area contributed by atoms with E-state index in [0.717, 1.165) is 33.7 Å². The first kappa shape index (κ1) is 27.9. The van der Waals surface area contributed by atoms with Crippen molar-refractivity contribution in [1.82, 2.24) is 10.2 Å². The minimum atomic E-state index is -3.77. The van der Waals surface area contributed by atoms with Crippen molar-refractivity contribution in [3.05, 3.63) is 102 Å². The van der Waals surface area contributed by atoms with Gasteiger partial charge in [-0.3, -0.25) is 13.9 Å². The molecule has 0 fully saturated rings. The van der Waals surface area contributed by atoms with E-state index in [1.165, 1.54) is 4.90 Å². The summed E-state index contributed by atoms with van der Waals surface area (Å²) < 4.78 is 26.6. The number of carbonyl (C=O) groups excluding carboxylic acids is 2. The molecule has 0 spiro atoms. The van der Waals surface area contributed by atoms with Crippen LogP contribution in [0.25, 0.3) is 0 Å². The summed E-state index contributed by atoms with van der Waals surface area (Å²) in [7, 11) is -3.77. The van der Waals surface area contributed by atoms with E-state index < -0.39 is 28.5 Å². The standard InChI is InChI=1S/C29H35N3O4S/c1-4-19-30-29(34)27(20-24-11-7-5-8-12-24)31(21-25-13-9-6-10-14-25)28(33)22-32(37(3,35)36)26-17-15-23(2)16-18-26/h5-18,27H,4,19-22H2,1-3H3,(H,30,34)/t27-/m1/s1. The third-order valence-corrected chi connectivity index (χ3v) is 7.16. The molecule has 0 saturated heterocycles. The molecule has 0 aliphatic heterocycles. The van der Waals surface area contributed by atoms with Gasteiger partial charge in [0.2, 0.25) is 21.8 Å². The number of amides is 2. The highest BCUT2D eigenvalue weighted by Crippen LogP contribution is 2.21. The number of aryl methyl sites for hydroxylation is 1. The molecular formula is C29H35N3O4S. The van der Waals surface area contributed by atoms with Gasteiger partial charge in [0.15, 0.2) is 0 Å². The number of benzene rings is 3. The summed E-state index contributed by atoms with van der Waals surface area (Å²) in [5.74, 6) is -0.723. The molecule has 1 N–H and O–H groups in total. The maximum Gasteiger partial charge on any atom is 0.244 e. The minimum Gasteiger partial charge on any atom is -0.354 e. The first-order chi connectivity index (χ1) is 17.7. The molecule has 0 bridgehead atoms. The number of nitrogens with zero attached hydrogens (tertiary/aromatic N) is 2. The number of carbonyl (C=O) groups is 2. The van der Waals surface area contributed by atoms with E-state index >= 15 is 0 Å². The molecule has 196 valence electrons. The van der Waals surface area contributed by atoms with Gasteiger partial charge in [0, 0.05) is 19.5 Å². The van der Waals surface area contributed by atoms with E-state index in [1.54, 1.807) is 24.3 Å². The van der Waals surface area contributed by atoms with Crippen LogP contribution in [0.1, 0.15) is 30.0 Å². The van der Waals surface area contributed by atoms with Gasteiger partial charge in [-0.2, -0.15) is 0 Å². The number of anilines is 1. The fourth-order valence-electron chi connectivity index (χ4n) is 4.02. The molecule has 8 heteroatoms. The first-order valence-electron chi connectivity index (χ1n) is 12.4. The van der Waals surface area contributed by atoms with E-state index in [9.17, 15) is 18.0 Å². The molecule has 7 nitrogen and oxygen atoms in total. The Balaban J connectivity index is 2.01. The van der Waals surface area contributed by atoms with Crippen LogP contribution in [0.3, 0.4) is 0 Å². The zero-order chi connectivity index (χ0) is 26.8. The zero-order valence-electron chi connectivity index (χ0n) is 21.6. The fourth-order valence-corrected chi connectivity index (χ4v) is 4.87. The van der Waals surface area contributed by atoms with Crippen LogP contribution in [0.2, 0.25) is 0 Å². The highest BCUT2D eigenvalue weighted by molar-refractivity contribution is 7.92. The van der Waals surface area contributed by atoms with Gasteiger partial charge in [-0.15, -0.1) is 0 Å². The Bertz CT molecular complexity index is 1260. The van der Waals surface area contributed by atoms with Gasteiger partial charge in [-0.05, 0) is 36.6 Å². The third kappa shape index (κ3) is 8.18. The van der Waals surface area contributed by atoms with Gasteiger partial charge in [0.05, 0.1) is 11.9 Å². The van der Waals surface area contributed by atoms with Gasteiger partial charge in [0.1, 0.15) is 12.6 Å². The average molecular weight is 522 g/mol. The molecule has 3 aromatic rings. The molecule has 0 unspecified atom stereocenters. The van der Waals surface area contributed by atoms with Crippen molar-refractivity contribution in [3.8, 4) is 0 Å². The lowest BCUT2D eigenvalue weighted by Gasteiger charge is -2.33.